The Balaban J connectivity index is 1.47. The van der Waals surface area contributed by atoms with Gasteiger partial charge in [-0.1, -0.05) is 82.8 Å². The van der Waals surface area contributed by atoms with Gasteiger partial charge in [0.2, 0.25) is 0 Å². The predicted molar refractivity (Wildman–Crippen MR) is 136 cm³/mol. The molecule has 0 radical (unpaired) electrons. The molecule has 1 saturated heterocycles. The topological polar surface area (TPSA) is 15.3 Å². The van der Waals surface area contributed by atoms with E-state index in [1.54, 1.807) is 0 Å². The van der Waals surface area contributed by atoms with Crippen molar-refractivity contribution in [3.8, 4) is 11.1 Å². The van der Waals surface area contributed by atoms with Crippen LogP contribution < -0.4 is 5.32 Å². The number of hydrogen-bond acceptors (Lipinski definition) is 2. The molecule has 0 atom stereocenters. The third kappa shape index (κ3) is 7.54. The maximum Gasteiger partial charge on any atom is 0.0340 e. The number of benzene rings is 2. The Hall–Kier alpha value is -2.06. The van der Waals surface area contributed by atoms with Crippen LogP contribution in [-0.4, -0.2) is 31.1 Å². The number of piperidine rings is 1. The largest absolute Gasteiger partial charge is 0.385 e. The van der Waals surface area contributed by atoms with Gasteiger partial charge in [-0.2, -0.15) is 0 Å². The molecule has 2 aromatic rings. The van der Waals surface area contributed by atoms with Gasteiger partial charge in [0.05, 0.1) is 0 Å². The van der Waals surface area contributed by atoms with E-state index < -0.39 is 0 Å². The monoisotopic (exact) mass is 418 g/mol. The van der Waals surface area contributed by atoms with Gasteiger partial charge in [-0.05, 0) is 78.8 Å². The van der Waals surface area contributed by atoms with E-state index in [9.17, 15) is 0 Å². The van der Waals surface area contributed by atoms with Crippen LogP contribution in [0.1, 0.15) is 64.5 Å². The van der Waals surface area contributed by atoms with Crippen LogP contribution in [-0.2, 0) is 6.42 Å². The molecule has 1 heterocycles. The maximum absolute atomic E-state index is 4.14. The van der Waals surface area contributed by atoms with Gasteiger partial charge in [-0.3, -0.25) is 0 Å². The maximum atomic E-state index is 4.14. The number of hydrogen-bond donors (Lipinski definition) is 1. The molecule has 1 fully saturated rings. The Morgan fingerprint density at radius 1 is 0.968 bits per heavy atom. The molecule has 2 nitrogen and oxygen atoms in total. The number of aryl methyl sites for hydroxylation is 1. The van der Waals surface area contributed by atoms with Crippen LogP contribution in [0.25, 0.3) is 16.8 Å². The molecule has 1 aliphatic heterocycles. The van der Waals surface area contributed by atoms with Gasteiger partial charge in [-0.25, -0.2) is 0 Å². The lowest BCUT2D eigenvalue weighted by Crippen LogP contribution is -2.39. The first-order valence-corrected chi connectivity index (χ1v) is 12.2. The van der Waals surface area contributed by atoms with Crippen LogP contribution in [0.15, 0.2) is 55.1 Å². The van der Waals surface area contributed by atoms with Crippen LogP contribution in [0.2, 0.25) is 0 Å². The van der Waals surface area contributed by atoms with Crippen LogP contribution in [0.3, 0.4) is 0 Å². The van der Waals surface area contributed by atoms with Gasteiger partial charge in [0.15, 0.2) is 0 Å². The zero-order valence-electron chi connectivity index (χ0n) is 20.2. The van der Waals surface area contributed by atoms with Crippen molar-refractivity contribution in [2.75, 3.05) is 26.2 Å². The Kier molecular flexibility index (Phi) is 8.37. The average Bonchev–Trinajstić information content (AvgIpc) is 2.76. The van der Waals surface area contributed by atoms with E-state index in [1.807, 2.05) is 0 Å². The minimum absolute atomic E-state index is 0.412. The predicted octanol–water partition coefficient (Wildman–Crippen LogP) is 7.01. The molecule has 0 unspecified atom stereocenters. The number of likely N-dealkylation sites (tertiary alicyclic amines) is 1. The summed E-state index contributed by atoms with van der Waals surface area (Å²) < 4.78 is 0. The Labute approximate surface area is 190 Å². The summed E-state index contributed by atoms with van der Waals surface area (Å²) in [4.78, 5) is 2.66. The van der Waals surface area contributed by atoms with Crippen molar-refractivity contribution < 1.29 is 0 Å². The van der Waals surface area contributed by atoms with Crippen molar-refractivity contribution in [1.82, 2.24) is 10.2 Å². The summed E-state index contributed by atoms with van der Waals surface area (Å²) >= 11 is 0. The second-order valence-electron chi connectivity index (χ2n) is 10.5. The molecular formula is C29H42N2. The van der Waals surface area contributed by atoms with E-state index in [2.05, 4.69) is 93.0 Å². The standard InChI is InChI=1S/C29H42N2/c1-6-19-30-23(2)26-13-15-28(16-14-26)27-11-9-24(10-12-27)7-8-25-17-20-31(21-18-25)22-29(3,4)5/h9-16,25,30H,2,6-8,17-22H2,1,3-5H3. The number of rotatable bonds is 9. The van der Waals surface area contributed by atoms with Gasteiger partial charge >= 0.3 is 0 Å². The Morgan fingerprint density at radius 2 is 1.55 bits per heavy atom. The first kappa shape index (κ1) is 23.6. The molecule has 0 amide bonds. The van der Waals surface area contributed by atoms with Crippen molar-refractivity contribution in [2.24, 2.45) is 11.3 Å². The van der Waals surface area contributed by atoms with Crippen LogP contribution >= 0.6 is 0 Å². The molecular weight excluding hydrogens is 376 g/mol. The Morgan fingerprint density at radius 3 is 2.10 bits per heavy atom. The van der Waals surface area contributed by atoms with E-state index in [-0.39, 0.29) is 0 Å². The second kappa shape index (κ2) is 11.0. The highest BCUT2D eigenvalue weighted by atomic mass is 15.1. The molecule has 0 bridgehead atoms. The molecule has 0 aromatic heterocycles. The molecule has 31 heavy (non-hydrogen) atoms. The summed E-state index contributed by atoms with van der Waals surface area (Å²) in [6.45, 7) is 18.1. The van der Waals surface area contributed by atoms with Gasteiger partial charge in [-0.15, -0.1) is 0 Å². The minimum Gasteiger partial charge on any atom is -0.385 e. The summed E-state index contributed by atoms with van der Waals surface area (Å²) in [5.74, 6) is 0.887. The zero-order valence-corrected chi connectivity index (χ0v) is 20.2. The van der Waals surface area contributed by atoms with Crippen LogP contribution in [0.4, 0.5) is 0 Å². The van der Waals surface area contributed by atoms with E-state index in [4.69, 9.17) is 0 Å². The molecule has 1 N–H and O–H groups in total. The molecule has 168 valence electrons. The molecule has 0 saturated carbocycles. The first-order valence-electron chi connectivity index (χ1n) is 12.2. The summed E-state index contributed by atoms with van der Waals surface area (Å²) in [6, 6.07) is 17.9. The molecule has 3 rings (SSSR count). The van der Waals surface area contributed by atoms with Crippen molar-refractivity contribution in [3.63, 3.8) is 0 Å². The van der Waals surface area contributed by atoms with Gasteiger partial charge in [0.25, 0.3) is 0 Å². The third-order valence-corrected chi connectivity index (χ3v) is 6.36. The fourth-order valence-electron chi connectivity index (χ4n) is 4.58. The summed E-state index contributed by atoms with van der Waals surface area (Å²) in [7, 11) is 0. The van der Waals surface area contributed by atoms with E-state index in [0.717, 1.165) is 24.6 Å². The van der Waals surface area contributed by atoms with E-state index in [1.165, 1.54) is 67.6 Å². The van der Waals surface area contributed by atoms with Crippen molar-refractivity contribution >= 4 is 5.70 Å². The number of nitrogens with one attached hydrogen (secondary N) is 1. The van der Waals surface area contributed by atoms with Crippen molar-refractivity contribution in [3.05, 3.63) is 66.2 Å². The summed E-state index contributed by atoms with van der Waals surface area (Å²) in [5, 5.41) is 3.37. The highest BCUT2D eigenvalue weighted by Crippen LogP contribution is 2.26. The summed E-state index contributed by atoms with van der Waals surface area (Å²) in [5.41, 5.74) is 6.61. The zero-order chi connectivity index (χ0) is 22.3. The van der Waals surface area contributed by atoms with Gasteiger partial charge in [0, 0.05) is 18.8 Å². The lowest BCUT2D eigenvalue weighted by atomic mass is 9.88. The summed E-state index contributed by atoms with van der Waals surface area (Å²) in [6.07, 6.45) is 6.36. The average molecular weight is 419 g/mol. The van der Waals surface area contributed by atoms with Crippen molar-refractivity contribution in [2.45, 2.75) is 59.8 Å². The SMILES string of the molecule is C=C(NCCC)c1ccc(-c2ccc(CCC3CCN(CC(C)(C)C)CC3)cc2)cc1. The molecule has 2 heteroatoms. The highest BCUT2D eigenvalue weighted by Gasteiger charge is 2.22. The third-order valence-electron chi connectivity index (χ3n) is 6.36. The molecule has 2 aromatic carbocycles. The van der Waals surface area contributed by atoms with E-state index >= 15 is 0 Å². The quantitative estimate of drug-likeness (QED) is 0.471. The smallest absolute Gasteiger partial charge is 0.0340 e. The van der Waals surface area contributed by atoms with Gasteiger partial charge < -0.3 is 10.2 Å². The number of nitrogens with zero attached hydrogens (tertiary/aromatic N) is 1. The molecule has 1 aliphatic rings. The normalized spacial score (nSPS) is 15.7. The first-order chi connectivity index (χ1) is 14.8. The van der Waals surface area contributed by atoms with Crippen molar-refractivity contribution in [1.29, 1.82) is 0 Å². The van der Waals surface area contributed by atoms with E-state index in [0.29, 0.717) is 5.41 Å². The fraction of sp³-hybridized carbons (Fsp3) is 0.517. The lowest BCUT2D eigenvalue weighted by molar-refractivity contribution is 0.133. The molecule has 0 spiro atoms. The highest BCUT2D eigenvalue weighted by molar-refractivity contribution is 5.68. The van der Waals surface area contributed by atoms with Crippen LogP contribution in [0, 0.1) is 11.3 Å². The Bertz CT molecular complexity index is 803. The van der Waals surface area contributed by atoms with Gasteiger partial charge in [0.1, 0.15) is 0 Å². The molecule has 0 aliphatic carbocycles. The lowest BCUT2D eigenvalue weighted by Gasteiger charge is -2.36. The minimum atomic E-state index is 0.412. The fourth-order valence-corrected chi connectivity index (χ4v) is 4.58. The second-order valence-corrected chi connectivity index (χ2v) is 10.5. The van der Waals surface area contributed by atoms with Crippen LogP contribution in [0.5, 0.6) is 0 Å².